The summed E-state index contributed by atoms with van der Waals surface area (Å²) in [6, 6.07) is 0. The predicted octanol–water partition coefficient (Wildman–Crippen LogP) is -4.83. The average molecular weight is 183 g/mol. The minimum Gasteiger partial charge on any atom is -0.870 e. The molecule has 1 rings (SSSR count). The minimum absolute atomic E-state index is 0. The van der Waals surface area contributed by atoms with Crippen molar-refractivity contribution in [2.45, 2.75) is 6.92 Å². The van der Waals surface area contributed by atoms with Crippen molar-refractivity contribution in [3.8, 4) is 0 Å². The molecule has 0 radical (unpaired) electrons. The van der Waals surface area contributed by atoms with Crippen molar-refractivity contribution in [1.82, 2.24) is 0 Å². The van der Waals surface area contributed by atoms with Crippen LogP contribution in [0.1, 0.15) is 6.92 Å². The molecule has 0 atom stereocenters. The summed E-state index contributed by atoms with van der Waals surface area (Å²) >= 11 is 0. The normalized spacial score (nSPS) is 10.3. The molecule has 0 aromatic heterocycles. The van der Waals surface area contributed by atoms with Gasteiger partial charge in [0.25, 0.3) is 0 Å². The van der Waals surface area contributed by atoms with Crippen LogP contribution in [0.25, 0.3) is 0 Å². The van der Waals surface area contributed by atoms with E-state index in [2.05, 4.69) is 0 Å². The van der Waals surface area contributed by atoms with Crippen molar-refractivity contribution in [2.24, 2.45) is 0 Å². The van der Waals surface area contributed by atoms with Crippen LogP contribution in [0.15, 0.2) is 24.6 Å². The fraction of sp³-hybridized carbons (Fsp3) is 0.167. The maximum absolute atomic E-state index is 8.89. The SMILES string of the molecule is C1=C[NH2+]C=C1.CC(=O)[O-].[K+].[OH-]. The van der Waals surface area contributed by atoms with Crippen molar-refractivity contribution in [3.63, 3.8) is 0 Å². The molecular formula is C6H10KNO3. The molecule has 0 saturated heterocycles. The summed E-state index contributed by atoms with van der Waals surface area (Å²) in [7, 11) is 0. The molecule has 0 bridgehead atoms. The molecule has 58 valence electrons. The van der Waals surface area contributed by atoms with Crippen molar-refractivity contribution in [3.05, 3.63) is 24.6 Å². The minimum atomic E-state index is -1.08. The third-order valence-corrected chi connectivity index (χ3v) is 0.556. The number of carbonyl (C=O) groups excluding carboxylic acids is 1. The average Bonchev–Trinajstić information content (AvgIpc) is 2.11. The molecule has 1 heterocycles. The zero-order valence-corrected chi connectivity index (χ0v) is 9.77. The van der Waals surface area contributed by atoms with Gasteiger partial charge in [-0.3, -0.25) is 5.32 Å². The number of nitrogens with two attached hydrogens (primary N) is 1. The van der Waals surface area contributed by atoms with Crippen LogP contribution < -0.4 is 61.8 Å². The summed E-state index contributed by atoms with van der Waals surface area (Å²) in [6.45, 7) is 0.972. The van der Waals surface area contributed by atoms with Crippen LogP contribution in [0.3, 0.4) is 0 Å². The summed E-state index contributed by atoms with van der Waals surface area (Å²) in [4.78, 5) is 8.89. The van der Waals surface area contributed by atoms with Crippen LogP contribution >= 0.6 is 0 Å². The van der Waals surface area contributed by atoms with E-state index in [0.717, 1.165) is 6.92 Å². The Hall–Kier alpha value is 0.506. The van der Waals surface area contributed by atoms with Gasteiger partial charge in [0.2, 0.25) is 0 Å². The number of rotatable bonds is 0. The fourth-order valence-corrected chi connectivity index (χ4v) is 0.321. The van der Waals surface area contributed by atoms with Crippen LogP contribution in [0.5, 0.6) is 0 Å². The summed E-state index contributed by atoms with van der Waals surface area (Å²) in [5, 5.41) is 10.9. The van der Waals surface area contributed by atoms with E-state index < -0.39 is 5.97 Å². The van der Waals surface area contributed by atoms with Crippen molar-refractivity contribution < 1.29 is 72.1 Å². The number of hydrogen-bond acceptors (Lipinski definition) is 3. The quantitative estimate of drug-likeness (QED) is 0.382. The van der Waals surface area contributed by atoms with E-state index in [-0.39, 0.29) is 56.9 Å². The number of allylic oxidation sites excluding steroid dienone is 2. The third-order valence-electron chi connectivity index (χ3n) is 0.556. The second-order valence-electron chi connectivity index (χ2n) is 1.45. The second kappa shape index (κ2) is 13.1. The van der Waals surface area contributed by atoms with Gasteiger partial charge >= 0.3 is 51.4 Å². The topological polar surface area (TPSA) is 86.7 Å². The number of aliphatic carboxylic acids is 1. The first kappa shape index (κ1) is 17.6. The Labute approximate surface area is 108 Å². The molecule has 5 heteroatoms. The van der Waals surface area contributed by atoms with Crippen LogP contribution in [0.2, 0.25) is 0 Å². The number of carboxylic acids is 1. The van der Waals surface area contributed by atoms with Gasteiger partial charge in [-0.05, 0) is 19.1 Å². The van der Waals surface area contributed by atoms with E-state index in [1.165, 1.54) is 0 Å². The number of quaternary nitrogens is 1. The Morgan fingerprint density at radius 1 is 1.36 bits per heavy atom. The van der Waals surface area contributed by atoms with E-state index in [4.69, 9.17) is 9.90 Å². The Morgan fingerprint density at radius 3 is 1.73 bits per heavy atom. The molecule has 0 spiro atoms. The van der Waals surface area contributed by atoms with E-state index in [0.29, 0.717) is 0 Å². The first-order chi connectivity index (χ1) is 4.23. The van der Waals surface area contributed by atoms with Gasteiger partial charge in [0, 0.05) is 5.97 Å². The number of carboxylic acid groups (broad SMARTS) is 1. The van der Waals surface area contributed by atoms with E-state index in [1.807, 2.05) is 29.9 Å². The molecular weight excluding hydrogens is 173 g/mol. The molecule has 0 unspecified atom stereocenters. The summed E-state index contributed by atoms with van der Waals surface area (Å²) in [5.74, 6) is -1.08. The first-order valence-electron chi connectivity index (χ1n) is 2.57. The van der Waals surface area contributed by atoms with Gasteiger partial charge in [-0.25, -0.2) is 0 Å². The monoisotopic (exact) mass is 183 g/mol. The zero-order valence-electron chi connectivity index (χ0n) is 6.65. The van der Waals surface area contributed by atoms with Crippen LogP contribution in [0.4, 0.5) is 0 Å². The Bertz CT molecular complexity index is 131. The standard InChI is InChI=1S/C4H5N.C2H4O2.K.H2O/c1-2-4-5-3-1;1-2(3)4;;/h1-5H;1H3,(H,3,4);;1H2/q;;+1;/p-1. The molecule has 11 heavy (non-hydrogen) atoms. The molecule has 0 saturated carbocycles. The van der Waals surface area contributed by atoms with E-state index in [1.54, 1.807) is 0 Å². The molecule has 1 aliphatic heterocycles. The molecule has 3 N–H and O–H groups in total. The van der Waals surface area contributed by atoms with Gasteiger partial charge in [0.05, 0.1) is 12.4 Å². The van der Waals surface area contributed by atoms with Gasteiger partial charge in [0.15, 0.2) is 0 Å². The molecule has 0 aliphatic carbocycles. The third kappa shape index (κ3) is 25.1. The Kier molecular flexibility index (Phi) is 20.9. The molecule has 0 fully saturated rings. The Balaban J connectivity index is -0.000000101. The number of hydrogen-bond donors (Lipinski definition) is 1. The van der Waals surface area contributed by atoms with Crippen LogP contribution in [0, 0.1) is 0 Å². The molecule has 0 aromatic carbocycles. The van der Waals surface area contributed by atoms with Crippen molar-refractivity contribution in [2.75, 3.05) is 0 Å². The largest absolute Gasteiger partial charge is 1.00 e. The van der Waals surface area contributed by atoms with Gasteiger partial charge in [-0.15, -0.1) is 0 Å². The smallest absolute Gasteiger partial charge is 0.870 e. The molecule has 1 aliphatic rings. The molecule has 4 nitrogen and oxygen atoms in total. The summed E-state index contributed by atoms with van der Waals surface area (Å²) in [5.41, 5.74) is 0. The summed E-state index contributed by atoms with van der Waals surface area (Å²) in [6.07, 6.45) is 8.00. The van der Waals surface area contributed by atoms with Crippen LogP contribution in [-0.4, -0.2) is 11.4 Å². The number of carbonyl (C=O) groups is 1. The van der Waals surface area contributed by atoms with Gasteiger partial charge < -0.3 is 15.4 Å². The van der Waals surface area contributed by atoms with Crippen LogP contribution in [-0.2, 0) is 4.79 Å². The van der Waals surface area contributed by atoms with E-state index in [9.17, 15) is 0 Å². The fourth-order valence-electron chi connectivity index (χ4n) is 0.321. The van der Waals surface area contributed by atoms with E-state index >= 15 is 0 Å². The maximum Gasteiger partial charge on any atom is 1.00 e. The maximum atomic E-state index is 8.89. The Morgan fingerprint density at radius 2 is 1.64 bits per heavy atom. The zero-order chi connectivity index (χ0) is 7.11. The van der Waals surface area contributed by atoms with Crippen molar-refractivity contribution >= 4 is 5.97 Å². The van der Waals surface area contributed by atoms with Gasteiger partial charge in [-0.2, -0.15) is 0 Å². The second-order valence-corrected chi connectivity index (χ2v) is 1.45. The predicted molar refractivity (Wildman–Crippen MR) is 32.8 cm³/mol. The summed E-state index contributed by atoms with van der Waals surface area (Å²) < 4.78 is 0. The molecule has 0 aromatic rings. The van der Waals surface area contributed by atoms with Gasteiger partial charge in [0.1, 0.15) is 0 Å². The van der Waals surface area contributed by atoms with Crippen molar-refractivity contribution in [1.29, 1.82) is 0 Å². The first-order valence-corrected chi connectivity index (χ1v) is 2.57. The molecule has 0 amide bonds. The van der Waals surface area contributed by atoms with Gasteiger partial charge in [-0.1, -0.05) is 0 Å².